The second-order valence-corrected chi connectivity index (χ2v) is 4.79. The zero-order valence-corrected chi connectivity index (χ0v) is 11.5. The van der Waals surface area contributed by atoms with Gasteiger partial charge in [-0.3, -0.25) is 4.98 Å². The summed E-state index contributed by atoms with van der Waals surface area (Å²) in [6.07, 6.45) is 8.00. The van der Waals surface area contributed by atoms with Crippen molar-refractivity contribution < 1.29 is 0 Å². The van der Waals surface area contributed by atoms with E-state index in [9.17, 15) is 0 Å². The first-order chi connectivity index (χ1) is 8.59. The Morgan fingerprint density at radius 2 is 1.39 bits per heavy atom. The number of pyridine rings is 1. The Morgan fingerprint density at radius 1 is 0.833 bits per heavy atom. The van der Waals surface area contributed by atoms with E-state index < -0.39 is 0 Å². The van der Waals surface area contributed by atoms with Crippen molar-refractivity contribution in [3.63, 3.8) is 0 Å². The van der Waals surface area contributed by atoms with Crippen LogP contribution >= 0.6 is 0 Å². The Balaban J connectivity index is 2.44. The molecule has 1 aromatic carbocycles. The van der Waals surface area contributed by atoms with Crippen molar-refractivity contribution in [2.24, 2.45) is 0 Å². The first-order valence-electron chi connectivity index (χ1n) is 6.25. The molecule has 2 aromatic rings. The van der Waals surface area contributed by atoms with Gasteiger partial charge in [0, 0.05) is 12.4 Å². The van der Waals surface area contributed by atoms with Crippen molar-refractivity contribution >= 4 is 12.2 Å². The van der Waals surface area contributed by atoms with Gasteiger partial charge < -0.3 is 0 Å². The van der Waals surface area contributed by atoms with Gasteiger partial charge in [-0.1, -0.05) is 18.2 Å². The van der Waals surface area contributed by atoms with Crippen LogP contribution in [0.5, 0.6) is 0 Å². The van der Waals surface area contributed by atoms with Crippen molar-refractivity contribution in [1.29, 1.82) is 0 Å². The number of benzene rings is 1. The van der Waals surface area contributed by atoms with E-state index in [-0.39, 0.29) is 0 Å². The molecule has 0 amide bonds. The molecule has 0 unspecified atom stereocenters. The molecule has 0 aliphatic heterocycles. The molecule has 92 valence electrons. The fraction of sp³-hybridized carbons (Fsp3) is 0.235. The summed E-state index contributed by atoms with van der Waals surface area (Å²) in [5, 5.41) is 0. The quantitative estimate of drug-likeness (QED) is 0.750. The Bertz CT molecular complexity index is 554. The fourth-order valence-corrected chi connectivity index (χ4v) is 2.15. The highest BCUT2D eigenvalue weighted by Gasteiger charge is 2.05. The van der Waals surface area contributed by atoms with Gasteiger partial charge >= 0.3 is 0 Å². The molecule has 0 aliphatic carbocycles. The Hall–Kier alpha value is -1.89. The van der Waals surface area contributed by atoms with Gasteiger partial charge in [-0.25, -0.2) is 0 Å². The predicted molar refractivity (Wildman–Crippen MR) is 78.6 cm³/mol. The minimum atomic E-state index is 1.18. The standard InChI is InChI=1S/C17H19N/c1-12-11-13(2)15(4)17(14(12)3)6-5-16-7-9-18-10-8-16/h5-11H,1-4H3/b6-5-. The molecule has 1 aromatic heterocycles. The lowest BCUT2D eigenvalue weighted by atomic mass is 9.94. The molecule has 0 radical (unpaired) electrons. The van der Waals surface area contributed by atoms with Crippen LogP contribution in [-0.2, 0) is 0 Å². The van der Waals surface area contributed by atoms with Crippen LogP contribution in [0.15, 0.2) is 30.6 Å². The summed E-state index contributed by atoms with van der Waals surface area (Å²) >= 11 is 0. The topological polar surface area (TPSA) is 12.9 Å². The fourth-order valence-electron chi connectivity index (χ4n) is 2.15. The van der Waals surface area contributed by atoms with E-state index in [2.05, 4.69) is 50.9 Å². The Morgan fingerprint density at radius 3 is 1.94 bits per heavy atom. The minimum absolute atomic E-state index is 1.18. The molecule has 0 aliphatic rings. The van der Waals surface area contributed by atoms with Crippen LogP contribution in [0.2, 0.25) is 0 Å². The number of hydrogen-bond donors (Lipinski definition) is 0. The molecule has 0 saturated heterocycles. The first kappa shape index (κ1) is 12.6. The van der Waals surface area contributed by atoms with Crippen LogP contribution in [0, 0.1) is 27.7 Å². The van der Waals surface area contributed by atoms with E-state index in [1.165, 1.54) is 33.4 Å². The third kappa shape index (κ3) is 2.51. The number of nitrogens with zero attached hydrogens (tertiary/aromatic N) is 1. The van der Waals surface area contributed by atoms with Crippen molar-refractivity contribution in [1.82, 2.24) is 4.98 Å². The molecule has 1 heterocycles. The third-order valence-corrected chi connectivity index (χ3v) is 3.57. The lowest BCUT2D eigenvalue weighted by Gasteiger charge is -2.12. The van der Waals surface area contributed by atoms with E-state index in [1.807, 2.05) is 24.5 Å². The normalized spacial score (nSPS) is 11.1. The van der Waals surface area contributed by atoms with Crippen molar-refractivity contribution in [3.05, 3.63) is 64.0 Å². The van der Waals surface area contributed by atoms with Crippen molar-refractivity contribution in [3.8, 4) is 0 Å². The minimum Gasteiger partial charge on any atom is -0.265 e. The van der Waals surface area contributed by atoms with Crippen molar-refractivity contribution in [2.45, 2.75) is 27.7 Å². The highest BCUT2D eigenvalue weighted by atomic mass is 14.6. The van der Waals surface area contributed by atoms with Crippen molar-refractivity contribution in [2.75, 3.05) is 0 Å². The monoisotopic (exact) mass is 237 g/mol. The molecule has 0 fully saturated rings. The molecule has 18 heavy (non-hydrogen) atoms. The van der Waals surface area contributed by atoms with Gasteiger partial charge in [0.2, 0.25) is 0 Å². The summed E-state index contributed by atoms with van der Waals surface area (Å²) in [5.74, 6) is 0. The maximum atomic E-state index is 4.03. The number of rotatable bonds is 2. The molecule has 0 spiro atoms. The molecule has 0 saturated carbocycles. The maximum Gasteiger partial charge on any atom is 0.0273 e. The summed E-state index contributed by atoms with van der Waals surface area (Å²) in [4.78, 5) is 4.03. The van der Waals surface area contributed by atoms with Gasteiger partial charge in [-0.15, -0.1) is 0 Å². The van der Waals surface area contributed by atoms with E-state index in [1.54, 1.807) is 0 Å². The maximum absolute atomic E-state index is 4.03. The smallest absolute Gasteiger partial charge is 0.0273 e. The van der Waals surface area contributed by atoms with Gasteiger partial charge in [0.25, 0.3) is 0 Å². The average molecular weight is 237 g/mol. The molecular formula is C17H19N. The van der Waals surface area contributed by atoms with Crippen LogP contribution in [0.3, 0.4) is 0 Å². The molecule has 0 N–H and O–H groups in total. The molecule has 1 nitrogen and oxygen atoms in total. The van der Waals surface area contributed by atoms with E-state index >= 15 is 0 Å². The van der Waals surface area contributed by atoms with E-state index in [0.717, 1.165) is 0 Å². The summed E-state index contributed by atoms with van der Waals surface area (Å²) in [6, 6.07) is 6.29. The molecular weight excluding hydrogens is 218 g/mol. The van der Waals surface area contributed by atoms with Crippen LogP contribution in [0.25, 0.3) is 12.2 Å². The van der Waals surface area contributed by atoms with Gasteiger partial charge in [0.05, 0.1) is 0 Å². The number of aryl methyl sites for hydroxylation is 2. The highest BCUT2D eigenvalue weighted by molar-refractivity contribution is 5.73. The van der Waals surface area contributed by atoms with E-state index in [4.69, 9.17) is 0 Å². The SMILES string of the molecule is Cc1cc(C)c(C)c(/C=C\c2ccncc2)c1C. The second kappa shape index (κ2) is 5.18. The third-order valence-electron chi connectivity index (χ3n) is 3.57. The average Bonchev–Trinajstić information content (AvgIpc) is 2.38. The lowest BCUT2D eigenvalue weighted by molar-refractivity contribution is 1.23. The highest BCUT2D eigenvalue weighted by Crippen LogP contribution is 2.23. The number of aromatic nitrogens is 1. The summed E-state index contributed by atoms with van der Waals surface area (Å²) in [6.45, 7) is 8.72. The van der Waals surface area contributed by atoms with Gasteiger partial charge in [-0.05, 0) is 73.2 Å². The summed E-state index contributed by atoms with van der Waals surface area (Å²) in [5.41, 5.74) is 7.96. The van der Waals surface area contributed by atoms with Gasteiger partial charge in [-0.2, -0.15) is 0 Å². The van der Waals surface area contributed by atoms with Crippen LogP contribution < -0.4 is 0 Å². The largest absolute Gasteiger partial charge is 0.265 e. The van der Waals surface area contributed by atoms with Gasteiger partial charge in [0.1, 0.15) is 0 Å². The summed E-state index contributed by atoms with van der Waals surface area (Å²) in [7, 11) is 0. The Kier molecular flexibility index (Phi) is 3.61. The van der Waals surface area contributed by atoms with Gasteiger partial charge in [0.15, 0.2) is 0 Å². The zero-order chi connectivity index (χ0) is 13.1. The molecule has 2 rings (SSSR count). The van der Waals surface area contributed by atoms with Crippen LogP contribution in [-0.4, -0.2) is 4.98 Å². The van der Waals surface area contributed by atoms with E-state index in [0.29, 0.717) is 0 Å². The Labute approximate surface area is 109 Å². The van der Waals surface area contributed by atoms with Crippen LogP contribution in [0.4, 0.5) is 0 Å². The number of hydrogen-bond acceptors (Lipinski definition) is 1. The zero-order valence-electron chi connectivity index (χ0n) is 11.5. The molecule has 0 atom stereocenters. The summed E-state index contributed by atoms with van der Waals surface area (Å²) < 4.78 is 0. The molecule has 0 bridgehead atoms. The molecule has 1 heteroatoms. The first-order valence-corrected chi connectivity index (χ1v) is 6.25. The second-order valence-electron chi connectivity index (χ2n) is 4.79. The van der Waals surface area contributed by atoms with Crippen LogP contribution in [0.1, 0.15) is 33.4 Å². The predicted octanol–water partition coefficient (Wildman–Crippen LogP) is 4.49. The lowest BCUT2D eigenvalue weighted by Crippen LogP contribution is -1.94.